The maximum Gasteiger partial charge on any atom is 0.248 e. The van der Waals surface area contributed by atoms with Crippen LogP contribution in [0.2, 0.25) is 0 Å². The number of carbonyl (C=O) groups is 1. The zero-order chi connectivity index (χ0) is 23.8. The minimum absolute atomic E-state index is 0.0564. The maximum absolute atomic E-state index is 12.3. The first kappa shape index (κ1) is 23.3. The molecule has 3 rings (SSSR count). The van der Waals surface area contributed by atoms with Crippen molar-refractivity contribution in [2.75, 3.05) is 26.6 Å². The summed E-state index contributed by atoms with van der Waals surface area (Å²) in [5, 5.41) is 22.3. The van der Waals surface area contributed by atoms with Gasteiger partial charge < -0.3 is 29.7 Å². The van der Waals surface area contributed by atoms with E-state index >= 15 is 0 Å². The number of anilines is 1. The third kappa shape index (κ3) is 6.07. The molecule has 0 aromatic heterocycles. The van der Waals surface area contributed by atoms with Gasteiger partial charge in [-0.2, -0.15) is 0 Å². The third-order valence-corrected chi connectivity index (χ3v) is 4.73. The minimum atomic E-state index is -0.417. The van der Waals surface area contributed by atoms with E-state index in [1.807, 2.05) is 24.3 Å². The standard InChI is InChI=1S/C26H25NO6/c1-31-23-15-19(16-24(32-2)26(23)33-3)8-7-18-9-11-22(29)21(14-18)27-25(30)12-10-17-5-4-6-20(28)13-17/h4-16,28-29H,1-3H3,(H,27,30)/b8-7+,12-10+. The summed E-state index contributed by atoms with van der Waals surface area (Å²) in [7, 11) is 4.64. The number of phenols is 2. The van der Waals surface area contributed by atoms with Gasteiger partial charge in [0, 0.05) is 6.08 Å². The number of hydrogen-bond donors (Lipinski definition) is 3. The Kier molecular flexibility index (Phi) is 7.60. The molecule has 0 heterocycles. The van der Waals surface area contributed by atoms with Crippen LogP contribution in [-0.4, -0.2) is 37.4 Å². The predicted molar refractivity (Wildman–Crippen MR) is 129 cm³/mol. The number of ether oxygens (including phenoxy) is 3. The van der Waals surface area contributed by atoms with Gasteiger partial charge in [0.2, 0.25) is 11.7 Å². The molecule has 0 unspecified atom stereocenters. The second-order valence-electron chi connectivity index (χ2n) is 6.99. The Hall–Kier alpha value is -4.39. The average molecular weight is 447 g/mol. The van der Waals surface area contributed by atoms with Crippen molar-refractivity contribution < 1.29 is 29.2 Å². The summed E-state index contributed by atoms with van der Waals surface area (Å²) in [4.78, 5) is 12.3. The summed E-state index contributed by atoms with van der Waals surface area (Å²) in [5.41, 5.74) is 2.52. The van der Waals surface area contributed by atoms with Crippen LogP contribution in [0.15, 0.2) is 60.7 Å². The Balaban J connectivity index is 1.77. The van der Waals surface area contributed by atoms with E-state index in [4.69, 9.17) is 14.2 Å². The van der Waals surface area contributed by atoms with Gasteiger partial charge in [-0.1, -0.05) is 30.4 Å². The lowest BCUT2D eigenvalue weighted by molar-refractivity contribution is -0.111. The molecule has 3 aromatic carbocycles. The fourth-order valence-electron chi connectivity index (χ4n) is 3.12. The first-order chi connectivity index (χ1) is 15.9. The topological polar surface area (TPSA) is 97.3 Å². The quantitative estimate of drug-likeness (QED) is 0.257. The first-order valence-corrected chi connectivity index (χ1v) is 10.0. The number of methoxy groups -OCH3 is 3. The molecule has 0 saturated heterocycles. The molecular formula is C26H25NO6. The Morgan fingerprint density at radius 2 is 1.45 bits per heavy atom. The summed E-state index contributed by atoms with van der Waals surface area (Å²) < 4.78 is 16.1. The molecule has 7 nitrogen and oxygen atoms in total. The number of phenolic OH excluding ortho intramolecular Hbond substituents is 2. The van der Waals surface area contributed by atoms with Crippen molar-refractivity contribution in [3.63, 3.8) is 0 Å². The van der Waals surface area contributed by atoms with Gasteiger partial charge in [0.15, 0.2) is 11.5 Å². The number of benzene rings is 3. The van der Waals surface area contributed by atoms with Crippen molar-refractivity contribution in [1.29, 1.82) is 0 Å². The van der Waals surface area contributed by atoms with E-state index in [1.165, 1.54) is 18.2 Å². The van der Waals surface area contributed by atoms with Gasteiger partial charge in [0.1, 0.15) is 11.5 Å². The molecule has 1 amide bonds. The van der Waals surface area contributed by atoms with Gasteiger partial charge in [-0.15, -0.1) is 0 Å². The van der Waals surface area contributed by atoms with Crippen LogP contribution in [0.1, 0.15) is 16.7 Å². The van der Waals surface area contributed by atoms with Crippen molar-refractivity contribution in [2.45, 2.75) is 0 Å². The minimum Gasteiger partial charge on any atom is -0.508 e. The monoisotopic (exact) mass is 447 g/mol. The summed E-state index contributed by atoms with van der Waals surface area (Å²) in [6, 6.07) is 15.0. The van der Waals surface area contributed by atoms with Crippen LogP contribution in [0.4, 0.5) is 5.69 Å². The molecule has 0 fully saturated rings. The lowest BCUT2D eigenvalue weighted by Gasteiger charge is -2.12. The number of rotatable bonds is 8. The van der Waals surface area contributed by atoms with Gasteiger partial charge in [-0.05, 0) is 59.2 Å². The number of aromatic hydroxyl groups is 2. The largest absolute Gasteiger partial charge is 0.508 e. The number of nitrogens with one attached hydrogen (secondary N) is 1. The van der Waals surface area contributed by atoms with Crippen LogP contribution in [-0.2, 0) is 4.79 Å². The van der Waals surface area contributed by atoms with Gasteiger partial charge in [-0.3, -0.25) is 4.79 Å². The molecule has 33 heavy (non-hydrogen) atoms. The molecule has 0 aliphatic heterocycles. The molecule has 0 spiro atoms. The lowest BCUT2D eigenvalue weighted by Crippen LogP contribution is -2.08. The van der Waals surface area contributed by atoms with E-state index in [-0.39, 0.29) is 17.2 Å². The highest BCUT2D eigenvalue weighted by molar-refractivity contribution is 6.03. The molecule has 0 atom stereocenters. The third-order valence-electron chi connectivity index (χ3n) is 4.73. The molecule has 0 radical (unpaired) electrons. The van der Waals surface area contributed by atoms with Crippen LogP contribution in [0, 0.1) is 0 Å². The van der Waals surface area contributed by atoms with Crippen molar-refractivity contribution in [2.24, 2.45) is 0 Å². The SMILES string of the molecule is COc1cc(/C=C/c2ccc(O)c(NC(=O)/C=C/c3cccc(O)c3)c2)cc(OC)c1OC. The summed E-state index contributed by atoms with van der Waals surface area (Å²) in [6.07, 6.45) is 6.58. The predicted octanol–water partition coefficient (Wildman–Crippen LogP) is 4.95. The molecule has 7 heteroatoms. The van der Waals surface area contributed by atoms with E-state index in [1.54, 1.807) is 57.7 Å². The fraction of sp³-hybridized carbons (Fsp3) is 0.115. The van der Waals surface area contributed by atoms with Crippen LogP contribution >= 0.6 is 0 Å². The van der Waals surface area contributed by atoms with Crippen molar-refractivity contribution in [3.05, 3.63) is 77.4 Å². The number of carbonyl (C=O) groups excluding carboxylic acids is 1. The van der Waals surface area contributed by atoms with Gasteiger partial charge in [-0.25, -0.2) is 0 Å². The van der Waals surface area contributed by atoms with Gasteiger partial charge in [0.25, 0.3) is 0 Å². The highest BCUT2D eigenvalue weighted by Crippen LogP contribution is 2.38. The normalized spacial score (nSPS) is 11.0. The zero-order valence-electron chi connectivity index (χ0n) is 18.5. The Morgan fingerprint density at radius 1 is 0.788 bits per heavy atom. The molecular weight excluding hydrogens is 422 g/mol. The van der Waals surface area contributed by atoms with E-state index in [0.717, 1.165) is 11.1 Å². The zero-order valence-corrected chi connectivity index (χ0v) is 18.5. The van der Waals surface area contributed by atoms with Crippen LogP contribution in [0.5, 0.6) is 28.7 Å². The first-order valence-electron chi connectivity index (χ1n) is 10.0. The van der Waals surface area contributed by atoms with E-state index in [2.05, 4.69) is 5.32 Å². The van der Waals surface area contributed by atoms with Crippen molar-refractivity contribution in [1.82, 2.24) is 0 Å². The Labute approximate surface area is 192 Å². The highest BCUT2D eigenvalue weighted by atomic mass is 16.5. The summed E-state index contributed by atoms with van der Waals surface area (Å²) in [5.74, 6) is 1.22. The van der Waals surface area contributed by atoms with Crippen LogP contribution in [0.25, 0.3) is 18.2 Å². The molecule has 3 aromatic rings. The van der Waals surface area contributed by atoms with Crippen LogP contribution in [0.3, 0.4) is 0 Å². The molecule has 0 saturated carbocycles. The van der Waals surface area contributed by atoms with E-state index in [0.29, 0.717) is 22.8 Å². The van der Waals surface area contributed by atoms with Gasteiger partial charge in [0.05, 0.1) is 27.0 Å². The summed E-state index contributed by atoms with van der Waals surface area (Å²) in [6.45, 7) is 0. The van der Waals surface area contributed by atoms with Crippen molar-refractivity contribution >= 4 is 29.8 Å². The second-order valence-corrected chi connectivity index (χ2v) is 6.99. The Morgan fingerprint density at radius 3 is 2.09 bits per heavy atom. The lowest BCUT2D eigenvalue weighted by atomic mass is 10.1. The molecule has 0 aliphatic rings. The number of hydrogen-bond acceptors (Lipinski definition) is 6. The maximum atomic E-state index is 12.3. The smallest absolute Gasteiger partial charge is 0.248 e. The van der Waals surface area contributed by atoms with Gasteiger partial charge >= 0.3 is 0 Å². The Bertz CT molecular complexity index is 1170. The van der Waals surface area contributed by atoms with Crippen LogP contribution < -0.4 is 19.5 Å². The molecule has 0 aliphatic carbocycles. The molecule has 0 bridgehead atoms. The molecule has 3 N–H and O–H groups in total. The number of amides is 1. The van der Waals surface area contributed by atoms with Crippen molar-refractivity contribution in [3.8, 4) is 28.7 Å². The molecule has 170 valence electrons. The highest BCUT2D eigenvalue weighted by Gasteiger charge is 2.12. The van der Waals surface area contributed by atoms with E-state index < -0.39 is 5.91 Å². The van der Waals surface area contributed by atoms with E-state index in [9.17, 15) is 15.0 Å². The second kappa shape index (κ2) is 10.8. The summed E-state index contributed by atoms with van der Waals surface area (Å²) >= 11 is 0. The average Bonchev–Trinajstić information content (AvgIpc) is 2.82. The fourth-order valence-corrected chi connectivity index (χ4v) is 3.12.